The van der Waals surface area contributed by atoms with Crippen LogP contribution in [0.2, 0.25) is 10.0 Å². The molecule has 98 valence electrons. The second kappa shape index (κ2) is 7.08. The van der Waals surface area contributed by atoms with Gasteiger partial charge in [-0.25, -0.2) is 0 Å². The van der Waals surface area contributed by atoms with Gasteiger partial charge < -0.3 is 15.2 Å². The van der Waals surface area contributed by atoms with Crippen molar-refractivity contribution in [1.29, 1.82) is 0 Å². The molecule has 1 amide bonds. The minimum atomic E-state index is -0.972. The van der Waals surface area contributed by atoms with E-state index in [1.165, 1.54) is 6.07 Å². The lowest BCUT2D eigenvalue weighted by atomic mass is 10.3. The lowest BCUT2D eigenvalue weighted by Crippen LogP contribution is -2.30. The third-order valence-corrected chi connectivity index (χ3v) is 2.66. The maximum Gasteiger partial charge on any atom is 0.305 e. The molecule has 0 aliphatic carbocycles. The van der Waals surface area contributed by atoms with Crippen LogP contribution in [0, 0.1) is 0 Å². The van der Waals surface area contributed by atoms with Gasteiger partial charge in [-0.2, -0.15) is 0 Å². The molecule has 5 nitrogen and oxygen atoms in total. The zero-order chi connectivity index (χ0) is 13.5. The van der Waals surface area contributed by atoms with Gasteiger partial charge in [0.05, 0.1) is 16.5 Å². The first-order chi connectivity index (χ1) is 8.49. The van der Waals surface area contributed by atoms with Crippen molar-refractivity contribution in [3.8, 4) is 5.75 Å². The highest BCUT2D eigenvalue weighted by Gasteiger charge is 2.05. The summed E-state index contributed by atoms with van der Waals surface area (Å²) in [5.41, 5.74) is 0. The number of hydrogen-bond acceptors (Lipinski definition) is 3. The number of nitrogens with one attached hydrogen (secondary N) is 1. The Morgan fingerprint density at radius 3 is 2.61 bits per heavy atom. The summed E-state index contributed by atoms with van der Waals surface area (Å²) < 4.78 is 5.16. The summed E-state index contributed by atoms with van der Waals surface area (Å²) in [7, 11) is 0. The Balaban J connectivity index is 2.33. The minimum absolute atomic E-state index is 0.0684. The lowest BCUT2D eigenvalue weighted by Gasteiger charge is -2.07. The van der Waals surface area contributed by atoms with E-state index in [2.05, 4.69) is 5.32 Å². The average Bonchev–Trinajstić information content (AvgIpc) is 2.30. The van der Waals surface area contributed by atoms with E-state index in [9.17, 15) is 9.59 Å². The van der Waals surface area contributed by atoms with Crippen molar-refractivity contribution in [2.45, 2.75) is 6.42 Å². The molecule has 0 saturated heterocycles. The van der Waals surface area contributed by atoms with Gasteiger partial charge in [0.15, 0.2) is 6.61 Å². The molecule has 2 N–H and O–H groups in total. The SMILES string of the molecule is O=C(O)CCNC(=O)COc1ccc(Cl)c(Cl)c1. The summed E-state index contributed by atoms with van der Waals surface area (Å²) in [6, 6.07) is 4.63. The summed E-state index contributed by atoms with van der Waals surface area (Å²) in [6.07, 6.45) is -0.126. The molecule has 0 radical (unpaired) electrons. The van der Waals surface area contributed by atoms with Crippen molar-refractivity contribution in [2.75, 3.05) is 13.2 Å². The van der Waals surface area contributed by atoms with Crippen molar-refractivity contribution in [3.05, 3.63) is 28.2 Å². The molecule has 0 bridgehead atoms. The van der Waals surface area contributed by atoms with Crippen molar-refractivity contribution < 1.29 is 19.4 Å². The van der Waals surface area contributed by atoms with E-state index in [-0.39, 0.29) is 19.6 Å². The highest BCUT2D eigenvalue weighted by Crippen LogP contribution is 2.26. The van der Waals surface area contributed by atoms with Crippen molar-refractivity contribution >= 4 is 35.1 Å². The molecule has 0 spiro atoms. The van der Waals surface area contributed by atoms with Gasteiger partial charge in [-0.15, -0.1) is 0 Å². The first kappa shape index (κ1) is 14.6. The van der Waals surface area contributed by atoms with E-state index in [0.29, 0.717) is 15.8 Å². The van der Waals surface area contributed by atoms with E-state index in [4.69, 9.17) is 33.0 Å². The Kier molecular flexibility index (Phi) is 5.74. The standard InChI is InChI=1S/C11H11Cl2NO4/c12-8-2-1-7(5-9(8)13)18-6-10(15)14-4-3-11(16)17/h1-2,5H,3-4,6H2,(H,14,15)(H,16,17). The van der Waals surface area contributed by atoms with Crippen LogP contribution in [0.4, 0.5) is 0 Å². The zero-order valence-corrected chi connectivity index (χ0v) is 10.8. The molecule has 0 saturated carbocycles. The molecule has 7 heteroatoms. The summed E-state index contributed by atoms with van der Waals surface area (Å²) in [5, 5.41) is 11.5. The van der Waals surface area contributed by atoms with Gasteiger partial charge in [0.1, 0.15) is 5.75 Å². The largest absolute Gasteiger partial charge is 0.484 e. The van der Waals surface area contributed by atoms with E-state index in [0.717, 1.165) is 0 Å². The molecule has 0 heterocycles. The van der Waals surface area contributed by atoms with Crippen LogP contribution in [0.15, 0.2) is 18.2 Å². The van der Waals surface area contributed by atoms with Gasteiger partial charge in [0.2, 0.25) is 0 Å². The molecule has 0 unspecified atom stereocenters. The van der Waals surface area contributed by atoms with Crippen LogP contribution in [0.5, 0.6) is 5.75 Å². The second-order valence-electron chi connectivity index (χ2n) is 3.36. The predicted molar refractivity (Wildman–Crippen MR) is 67.2 cm³/mol. The highest BCUT2D eigenvalue weighted by atomic mass is 35.5. The van der Waals surface area contributed by atoms with Gasteiger partial charge in [0, 0.05) is 12.6 Å². The number of amides is 1. The first-order valence-corrected chi connectivity index (χ1v) is 5.81. The van der Waals surface area contributed by atoms with Gasteiger partial charge in [-0.1, -0.05) is 23.2 Å². The third kappa shape index (κ3) is 5.25. The summed E-state index contributed by atoms with van der Waals surface area (Å²) >= 11 is 11.5. The maximum absolute atomic E-state index is 11.3. The number of aliphatic carboxylic acids is 1. The molecular weight excluding hydrogens is 281 g/mol. The molecule has 0 aliphatic rings. The average molecular weight is 292 g/mol. The minimum Gasteiger partial charge on any atom is -0.484 e. The second-order valence-corrected chi connectivity index (χ2v) is 4.17. The van der Waals surface area contributed by atoms with Gasteiger partial charge >= 0.3 is 5.97 Å². The summed E-state index contributed by atoms with van der Waals surface area (Å²) in [6.45, 7) is -0.142. The molecule has 1 aromatic carbocycles. The van der Waals surface area contributed by atoms with Gasteiger partial charge in [-0.05, 0) is 12.1 Å². The fourth-order valence-electron chi connectivity index (χ4n) is 1.08. The molecule has 1 rings (SSSR count). The highest BCUT2D eigenvalue weighted by molar-refractivity contribution is 6.42. The maximum atomic E-state index is 11.3. The topological polar surface area (TPSA) is 75.6 Å². The number of hydrogen-bond donors (Lipinski definition) is 2. The lowest BCUT2D eigenvalue weighted by molar-refractivity contribution is -0.137. The fourth-order valence-corrected chi connectivity index (χ4v) is 1.36. The number of rotatable bonds is 6. The number of halogens is 2. The molecule has 0 fully saturated rings. The Morgan fingerprint density at radius 2 is 2.00 bits per heavy atom. The molecule has 0 atom stereocenters. The summed E-state index contributed by atoms with van der Waals surface area (Å²) in [4.78, 5) is 21.5. The number of ether oxygens (including phenoxy) is 1. The summed E-state index contributed by atoms with van der Waals surface area (Å²) in [5.74, 6) is -0.958. The molecular formula is C11H11Cl2NO4. The fraction of sp³-hybridized carbons (Fsp3) is 0.273. The number of benzene rings is 1. The van der Waals surface area contributed by atoms with Gasteiger partial charge in [0.25, 0.3) is 5.91 Å². The van der Waals surface area contributed by atoms with Crippen LogP contribution in [-0.2, 0) is 9.59 Å². The zero-order valence-electron chi connectivity index (χ0n) is 9.28. The Hall–Kier alpha value is -1.46. The van der Waals surface area contributed by atoms with Crippen molar-refractivity contribution in [3.63, 3.8) is 0 Å². The van der Waals surface area contributed by atoms with Crippen LogP contribution in [-0.4, -0.2) is 30.1 Å². The number of carboxylic acids is 1. The number of carbonyl (C=O) groups is 2. The van der Waals surface area contributed by atoms with Crippen LogP contribution >= 0.6 is 23.2 Å². The van der Waals surface area contributed by atoms with E-state index in [1.807, 2.05) is 0 Å². The molecule has 1 aromatic rings. The smallest absolute Gasteiger partial charge is 0.305 e. The Bertz CT molecular complexity index is 451. The van der Waals surface area contributed by atoms with E-state index >= 15 is 0 Å². The van der Waals surface area contributed by atoms with Crippen LogP contribution in [0.1, 0.15) is 6.42 Å². The molecule has 18 heavy (non-hydrogen) atoms. The van der Waals surface area contributed by atoms with Crippen molar-refractivity contribution in [2.24, 2.45) is 0 Å². The monoisotopic (exact) mass is 291 g/mol. The number of carboxylic acid groups (broad SMARTS) is 1. The van der Waals surface area contributed by atoms with Crippen molar-refractivity contribution in [1.82, 2.24) is 5.32 Å². The van der Waals surface area contributed by atoms with Crippen LogP contribution < -0.4 is 10.1 Å². The quantitative estimate of drug-likeness (QED) is 0.840. The van der Waals surface area contributed by atoms with E-state index in [1.54, 1.807) is 12.1 Å². The van der Waals surface area contributed by atoms with Crippen LogP contribution in [0.25, 0.3) is 0 Å². The van der Waals surface area contributed by atoms with Crippen LogP contribution in [0.3, 0.4) is 0 Å². The first-order valence-electron chi connectivity index (χ1n) is 5.05. The normalized spacial score (nSPS) is 9.89. The van der Waals surface area contributed by atoms with E-state index < -0.39 is 11.9 Å². The van der Waals surface area contributed by atoms with Gasteiger partial charge in [-0.3, -0.25) is 9.59 Å². The Labute approximate surface area is 114 Å². The molecule has 0 aromatic heterocycles. The molecule has 0 aliphatic heterocycles. The predicted octanol–water partition coefficient (Wildman–Crippen LogP) is 1.96. The third-order valence-electron chi connectivity index (χ3n) is 1.92. The Morgan fingerprint density at radius 1 is 1.28 bits per heavy atom. The number of carbonyl (C=O) groups excluding carboxylic acids is 1.